The fourth-order valence-corrected chi connectivity index (χ4v) is 1.14. The number of unbranched alkanes of at least 4 members (excludes halogenated alkanes) is 1. The molecule has 0 radical (unpaired) electrons. The zero-order valence-electron chi connectivity index (χ0n) is 9.32. The van der Waals surface area contributed by atoms with Crippen LogP contribution in [0, 0.1) is 5.92 Å². The summed E-state index contributed by atoms with van der Waals surface area (Å²) in [6, 6.07) is -0.0592. The van der Waals surface area contributed by atoms with Crippen LogP contribution in [0.4, 0.5) is 0 Å². The van der Waals surface area contributed by atoms with Crippen molar-refractivity contribution < 1.29 is 14.7 Å². The molecule has 0 rings (SSSR count). The first-order valence-corrected chi connectivity index (χ1v) is 5.19. The summed E-state index contributed by atoms with van der Waals surface area (Å²) < 4.78 is 0. The van der Waals surface area contributed by atoms with Crippen molar-refractivity contribution >= 4 is 11.9 Å². The van der Waals surface area contributed by atoms with E-state index in [1.807, 2.05) is 6.92 Å². The van der Waals surface area contributed by atoms with Crippen molar-refractivity contribution in [3.63, 3.8) is 0 Å². The van der Waals surface area contributed by atoms with Crippen LogP contribution in [0.1, 0.15) is 33.1 Å². The Balaban J connectivity index is 3.50. The standard InChI is InChI=1S/C10H20N2O3/c1-7(10(14)15)8(2)12-6-4-3-5-9(11)13/h7-8,12H,3-6H2,1-2H3,(H2,11,13)(H,14,15). The van der Waals surface area contributed by atoms with Gasteiger partial charge >= 0.3 is 5.97 Å². The van der Waals surface area contributed by atoms with Crippen molar-refractivity contribution in [2.24, 2.45) is 11.7 Å². The highest BCUT2D eigenvalue weighted by Crippen LogP contribution is 2.02. The second-order valence-corrected chi connectivity index (χ2v) is 3.79. The molecular weight excluding hydrogens is 196 g/mol. The highest BCUT2D eigenvalue weighted by Gasteiger charge is 2.17. The Morgan fingerprint density at radius 2 is 1.93 bits per heavy atom. The van der Waals surface area contributed by atoms with E-state index in [0.29, 0.717) is 13.0 Å². The number of carboxylic acids is 1. The summed E-state index contributed by atoms with van der Waals surface area (Å²) >= 11 is 0. The van der Waals surface area contributed by atoms with Gasteiger partial charge in [-0.15, -0.1) is 0 Å². The van der Waals surface area contributed by atoms with E-state index in [9.17, 15) is 9.59 Å². The maximum Gasteiger partial charge on any atom is 0.307 e. The molecule has 5 nitrogen and oxygen atoms in total. The lowest BCUT2D eigenvalue weighted by Crippen LogP contribution is -2.36. The molecule has 0 aromatic rings. The minimum absolute atomic E-state index is 0.0592. The first kappa shape index (κ1) is 13.9. The fraction of sp³-hybridized carbons (Fsp3) is 0.800. The van der Waals surface area contributed by atoms with Crippen LogP contribution >= 0.6 is 0 Å². The van der Waals surface area contributed by atoms with Crippen molar-refractivity contribution in [3.8, 4) is 0 Å². The highest BCUT2D eigenvalue weighted by molar-refractivity contribution is 5.73. The SMILES string of the molecule is CC(NCCCCC(N)=O)C(C)C(=O)O. The molecule has 0 aliphatic rings. The Hall–Kier alpha value is -1.10. The van der Waals surface area contributed by atoms with E-state index in [2.05, 4.69) is 5.32 Å². The molecule has 0 aromatic carbocycles. The van der Waals surface area contributed by atoms with Crippen LogP contribution < -0.4 is 11.1 Å². The Morgan fingerprint density at radius 3 is 2.40 bits per heavy atom. The molecule has 0 heterocycles. The molecule has 0 aliphatic heterocycles. The molecule has 1 amide bonds. The quantitative estimate of drug-likeness (QED) is 0.510. The second kappa shape index (κ2) is 7.23. The number of carboxylic acid groups (broad SMARTS) is 1. The van der Waals surface area contributed by atoms with Crippen molar-refractivity contribution in [2.75, 3.05) is 6.54 Å². The van der Waals surface area contributed by atoms with E-state index < -0.39 is 11.9 Å². The van der Waals surface area contributed by atoms with E-state index in [0.717, 1.165) is 12.8 Å². The zero-order valence-corrected chi connectivity index (χ0v) is 9.32. The number of primary amides is 1. The van der Waals surface area contributed by atoms with Crippen molar-refractivity contribution in [1.29, 1.82) is 0 Å². The Labute approximate surface area is 90.0 Å². The van der Waals surface area contributed by atoms with Gasteiger partial charge in [0.05, 0.1) is 5.92 Å². The summed E-state index contributed by atoms with van der Waals surface area (Å²) in [5.74, 6) is -1.49. The predicted octanol–water partition coefficient (Wildman–Crippen LogP) is 0.341. The summed E-state index contributed by atoms with van der Waals surface area (Å²) in [5, 5.41) is 11.8. The number of carbonyl (C=O) groups is 2. The maximum atomic E-state index is 10.6. The second-order valence-electron chi connectivity index (χ2n) is 3.79. The van der Waals surface area contributed by atoms with Crippen molar-refractivity contribution in [2.45, 2.75) is 39.2 Å². The normalized spacial score (nSPS) is 14.5. The molecule has 88 valence electrons. The summed E-state index contributed by atoms with van der Waals surface area (Å²) in [6.45, 7) is 4.22. The first-order chi connectivity index (χ1) is 6.95. The minimum Gasteiger partial charge on any atom is -0.481 e. The van der Waals surface area contributed by atoms with Crippen molar-refractivity contribution in [1.82, 2.24) is 5.32 Å². The van der Waals surface area contributed by atoms with Gasteiger partial charge in [-0.05, 0) is 26.3 Å². The summed E-state index contributed by atoms with van der Waals surface area (Å²) in [7, 11) is 0. The first-order valence-electron chi connectivity index (χ1n) is 5.19. The third kappa shape index (κ3) is 6.90. The number of hydrogen-bond acceptors (Lipinski definition) is 3. The molecule has 0 saturated carbocycles. The molecule has 0 aromatic heterocycles. The number of amides is 1. The predicted molar refractivity (Wildman–Crippen MR) is 57.3 cm³/mol. The summed E-state index contributed by atoms with van der Waals surface area (Å²) in [6.07, 6.45) is 1.97. The highest BCUT2D eigenvalue weighted by atomic mass is 16.4. The van der Waals surface area contributed by atoms with Crippen LogP contribution in [-0.2, 0) is 9.59 Å². The number of hydrogen-bond donors (Lipinski definition) is 3. The Bertz CT molecular complexity index is 219. The van der Waals surface area contributed by atoms with Gasteiger partial charge < -0.3 is 16.2 Å². The van der Waals surface area contributed by atoms with E-state index in [-0.39, 0.29) is 11.9 Å². The van der Waals surface area contributed by atoms with Gasteiger partial charge in [-0.1, -0.05) is 6.92 Å². The monoisotopic (exact) mass is 216 g/mol. The number of aliphatic carboxylic acids is 1. The minimum atomic E-state index is -0.799. The maximum absolute atomic E-state index is 10.6. The third-order valence-corrected chi connectivity index (χ3v) is 2.46. The van der Waals surface area contributed by atoms with E-state index in [1.54, 1.807) is 6.92 Å². The van der Waals surface area contributed by atoms with E-state index in [4.69, 9.17) is 10.8 Å². The molecule has 5 heteroatoms. The zero-order chi connectivity index (χ0) is 11.8. The molecule has 4 N–H and O–H groups in total. The molecule has 0 bridgehead atoms. The Morgan fingerprint density at radius 1 is 1.33 bits per heavy atom. The lowest BCUT2D eigenvalue weighted by molar-refractivity contribution is -0.141. The smallest absolute Gasteiger partial charge is 0.307 e. The summed E-state index contributed by atoms with van der Waals surface area (Å²) in [4.78, 5) is 21.0. The number of nitrogens with two attached hydrogens (primary N) is 1. The number of carbonyl (C=O) groups excluding carboxylic acids is 1. The molecule has 15 heavy (non-hydrogen) atoms. The van der Waals surface area contributed by atoms with Gasteiger partial charge in [-0.3, -0.25) is 9.59 Å². The topological polar surface area (TPSA) is 92.4 Å². The van der Waals surface area contributed by atoms with Crippen LogP contribution in [0.2, 0.25) is 0 Å². The van der Waals surface area contributed by atoms with Crippen LogP contribution in [0.5, 0.6) is 0 Å². The average Bonchev–Trinajstić information content (AvgIpc) is 2.15. The molecule has 2 atom stereocenters. The summed E-state index contributed by atoms with van der Waals surface area (Å²) in [5.41, 5.74) is 4.99. The lowest BCUT2D eigenvalue weighted by atomic mass is 10.0. The van der Waals surface area contributed by atoms with Crippen molar-refractivity contribution in [3.05, 3.63) is 0 Å². The number of nitrogens with one attached hydrogen (secondary N) is 1. The molecule has 0 spiro atoms. The molecule has 2 unspecified atom stereocenters. The largest absolute Gasteiger partial charge is 0.481 e. The van der Waals surface area contributed by atoms with Gasteiger partial charge in [0.2, 0.25) is 5.91 Å². The molecule has 0 aliphatic carbocycles. The Kier molecular flexibility index (Phi) is 6.70. The van der Waals surface area contributed by atoms with Crippen LogP contribution in [0.3, 0.4) is 0 Å². The molecule has 0 saturated heterocycles. The van der Waals surface area contributed by atoms with Gasteiger partial charge in [0.15, 0.2) is 0 Å². The van der Waals surface area contributed by atoms with Gasteiger partial charge in [-0.2, -0.15) is 0 Å². The molecular formula is C10H20N2O3. The lowest BCUT2D eigenvalue weighted by Gasteiger charge is -2.17. The fourth-order valence-electron chi connectivity index (χ4n) is 1.14. The van der Waals surface area contributed by atoms with Gasteiger partial charge in [0.1, 0.15) is 0 Å². The van der Waals surface area contributed by atoms with E-state index in [1.165, 1.54) is 0 Å². The van der Waals surface area contributed by atoms with Gasteiger partial charge in [0, 0.05) is 12.5 Å². The van der Waals surface area contributed by atoms with Crippen LogP contribution in [0.15, 0.2) is 0 Å². The van der Waals surface area contributed by atoms with E-state index >= 15 is 0 Å². The van der Waals surface area contributed by atoms with Gasteiger partial charge in [-0.25, -0.2) is 0 Å². The molecule has 0 fully saturated rings. The van der Waals surface area contributed by atoms with Gasteiger partial charge in [0.25, 0.3) is 0 Å². The number of rotatable bonds is 8. The third-order valence-electron chi connectivity index (χ3n) is 2.46. The average molecular weight is 216 g/mol. The van der Waals surface area contributed by atoms with Crippen LogP contribution in [-0.4, -0.2) is 29.6 Å². The van der Waals surface area contributed by atoms with Crippen LogP contribution in [0.25, 0.3) is 0 Å².